The number of rotatable bonds is 3. The van der Waals surface area contributed by atoms with E-state index in [-0.39, 0.29) is 11.7 Å². The van der Waals surface area contributed by atoms with E-state index in [1.165, 1.54) is 23.3 Å². The van der Waals surface area contributed by atoms with Gasteiger partial charge in [0, 0.05) is 45.3 Å². The zero-order valence-electron chi connectivity index (χ0n) is 16.2. The molecule has 3 aromatic rings. The van der Waals surface area contributed by atoms with E-state index < -0.39 is 0 Å². The first kappa shape index (κ1) is 18.1. The van der Waals surface area contributed by atoms with Crippen molar-refractivity contribution in [3.8, 4) is 0 Å². The Bertz CT molecular complexity index is 1040. The topological polar surface area (TPSA) is 52.8 Å². The van der Waals surface area contributed by atoms with Crippen LogP contribution in [0.25, 0.3) is 11.0 Å². The molecule has 0 radical (unpaired) electrons. The minimum atomic E-state index is -0.337. The van der Waals surface area contributed by atoms with Crippen LogP contribution in [-0.2, 0) is 17.8 Å². The highest BCUT2D eigenvalue weighted by atomic mass is 19.1. The average molecular weight is 394 g/mol. The van der Waals surface area contributed by atoms with Gasteiger partial charge >= 0.3 is 0 Å². The van der Waals surface area contributed by atoms with Crippen LogP contribution in [-0.4, -0.2) is 60.1 Å². The molecule has 0 spiro atoms. The van der Waals surface area contributed by atoms with Crippen LogP contribution in [0.2, 0.25) is 0 Å². The second-order valence-electron chi connectivity index (χ2n) is 7.74. The molecule has 1 fully saturated rings. The molecule has 0 aliphatic carbocycles. The van der Waals surface area contributed by atoms with Gasteiger partial charge in [0.25, 0.3) is 0 Å². The molecule has 2 aromatic carbocycles. The highest BCUT2D eigenvalue weighted by Crippen LogP contribution is 2.27. The number of nitrogens with zero attached hydrogens (tertiary/aromatic N) is 4. The fourth-order valence-corrected chi connectivity index (χ4v) is 4.27. The smallest absolute Gasteiger partial charge is 0.236 e. The maximum absolute atomic E-state index is 13.4. The summed E-state index contributed by atoms with van der Waals surface area (Å²) in [7, 11) is 0. The van der Waals surface area contributed by atoms with Crippen LogP contribution in [0.4, 0.5) is 10.2 Å². The predicted molar refractivity (Wildman–Crippen MR) is 108 cm³/mol. The Balaban J connectivity index is 1.19. The third-order valence-electron chi connectivity index (χ3n) is 5.92. The molecule has 1 saturated heterocycles. The lowest BCUT2D eigenvalue weighted by Gasteiger charge is -2.36. The fraction of sp³-hybridized carbons (Fsp3) is 0.364. The SMILES string of the molecule is O=C(CN1CCc2ccccc2C1)N1CCN(c2noc3cc(F)ccc23)CC1. The van der Waals surface area contributed by atoms with Gasteiger partial charge < -0.3 is 14.3 Å². The predicted octanol–water partition coefficient (Wildman–Crippen LogP) is 2.67. The van der Waals surface area contributed by atoms with Gasteiger partial charge in [-0.25, -0.2) is 4.39 Å². The first-order chi connectivity index (χ1) is 14.2. The second-order valence-corrected chi connectivity index (χ2v) is 7.74. The molecular formula is C22H23FN4O2. The van der Waals surface area contributed by atoms with Crippen molar-refractivity contribution in [3.63, 3.8) is 0 Å². The summed E-state index contributed by atoms with van der Waals surface area (Å²) in [4.78, 5) is 19.1. The Kier molecular flexibility index (Phi) is 4.67. The van der Waals surface area contributed by atoms with Crippen molar-refractivity contribution in [3.05, 3.63) is 59.4 Å². The number of aromatic nitrogens is 1. The van der Waals surface area contributed by atoms with Gasteiger partial charge in [-0.3, -0.25) is 9.69 Å². The van der Waals surface area contributed by atoms with E-state index >= 15 is 0 Å². The summed E-state index contributed by atoms with van der Waals surface area (Å²) in [5.41, 5.74) is 3.17. The first-order valence-corrected chi connectivity index (χ1v) is 10.0. The number of anilines is 1. The molecule has 5 rings (SSSR count). The maximum atomic E-state index is 13.4. The highest BCUT2D eigenvalue weighted by Gasteiger charge is 2.26. The molecule has 0 bridgehead atoms. The summed E-state index contributed by atoms with van der Waals surface area (Å²) in [6.07, 6.45) is 0.997. The monoisotopic (exact) mass is 394 g/mol. The summed E-state index contributed by atoms with van der Waals surface area (Å²) in [5, 5.41) is 4.92. The Morgan fingerprint density at radius 2 is 1.83 bits per heavy atom. The highest BCUT2D eigenvalue weighted by molar-refractivity contribution is 5.88. The number of fused-ring (bicyclic) bond motifs is 2. The fourth-order valence-electron chi connectivity index (χ4n) is 4.27. The summed E-state index contributed by atoms with van der Waals surface area (Å²) in [6.45, 7) is 4.90. The lowest BCUT2D eigenvalue weighted by Crippen LogP contribution is -2.51. The molecule has 2 aliphatic rings. The number of piperazine rings is 1. The number of hydrogen-bond donors (Lipinski definition) is 0. The van der Waals surface area contributed by atoms with Crippen LogP contribution in [0.1, 0.15) is 11.1 Å². The van der Waals surface area contributed by atoms with Crippen LogP contribution in [0.5, 0.6) is 0 Å². The molecule has 2 aliphatic heterocycles. The number of amides is 1. The molecule has 1 aromatic heterocycles. The Hall–Kier alpha value is -2.93. The van der Waals surface area contributed by atoms with E-state index in [1.807, 2.05) is 4.90 Å². The zero-order chi connectivity index (χ0) is 19.8. The van der Waals surface area contributed by atoms with Crippen LogP contribution in [0.3, 0.4) is 0 Å². The molecule has 0 saturated carbocycles. The summed E-state index contributed by atoms with van der Waals surface area (Å²) >= 11 is 0. The minimum Gasteiger partial charge on any atom is -0.354 e. The van der Waals surface area contributed by atoms with Gasteiger partial charge in [0.05, 0.1) is 11.9 Å². The lowest BCUT2D eigenvalue weighted by atomic mass is 10.00. The van der Waals surface area contributed by atoms with E-state index in [0.717, 1.165) is 30.7 Å². The summed E-state index contributed by atoms with van der Waals surface area (Å²) < 4.78 is 18.6. The van der Waals surface area contributed by atoms with Gasteiger partial charge in [0.2, 0.25) is 5.91 Å². The molecule has 3 heterocycles. The number of hydrogen-bond acceptors (Lipinski definition) is 5. The molecule has 150 valence electrons. The lowest BCUT2D eigenvalue weighted by molar-refractivity contribution is -0.132. The number of carbonyl (C=O) groups is 1. The third-order valence-corrected chi connectivity index (χ3v) is 5.92. The van der Waals surface area contributed by atoms with E-state index in [4.69, 9.17) is 4.52 Å². The van der Waals surface area contributed by atoms with Gasteiger partial charge in [-0.2, -0.15) is 0 Å². The van der Waals surface area contributed by atoms with E-state index in [9.17, 15) is 9.18 Å². The van der Waals surface area contributed by atoms with E-state index in [2.05, 4.69) is 39.2 Å². The largest absolute Gasteiger partial charge is 0.354 e. The van der Waals surface area contributed by atoms with Crippen molar-refractivity contribution in [2.24, 2.45) is 0 Å². The third kappa shape index (κ3) is 3.58. The molecule has 7 heteroatoms. The standard InChI is InChI=1S/C22H23FN4O2/c23-18-5-6-19-20(13-18)29-24-22(19)27-11-9-26(10-12-27)21(28)15-25-8-7-16-3-1-2-4-17(16)14-25/h1-6,13H,7-12,14-15H2. The quantitative estimate of drug-likeness (QED) is 0.684. The van der Waals surface area contributed by atoms with Gasteiger partial charge in [-0.05, 0) is 29.7 Å². The zero-order valence-corrected chi connectivity index (χ0v) is 16.2. The maximum Gasteiger partial charge on any atom is 0.236 e. The molecule has 6 nitrogen and oxygen atoms in total. The molecule has 0 unspecified atom stereocenters. The average Bonchev–Trinajstić information content (AvgIpc) is 3.16. The van der Waals surface area contributed by atoms with Crippen LogP contribution < -0.4 is 4.90 Å². The Morgan fingerprint density at radius 1 is 1.03 bits per heavy atom. The van der Waals surface area contributed by atoms with Gasteiger partial charge in [-0.15, -0.1) is 0 Å². The molecule has 1 amide bonds. The van der Waals surface area contributed by atoms with Crippen molar-refractivity contribution in [1.82, 2.24) is 15.0 Å². The first-order valence-electron chi connectivity index (χ1n) is 10.0. The number of halogens is 1. The van der Waals surface area contributed by atoms with Crippen molar-refractivity contribution >= 4 is 22.7 Å². The molecule has 0 N–H and O–H groups in total. The number of benzene rings is 2. The van der Waals surface area contributed by atoms with Crippen LogP contribution in [0.15, 0.2) is 47.0 Å². The molecule has 29 heavy (non-hydrogen) atoms. The van der Waals surface area contributed by atoms with Crippen molar-refractivity contribution < 1.29 is 13.7 Å². The van der Waals surface area contributed by atoms with Gasteiger partial charge in [0.15, 0.2) is 11.4 Å². The van der Waals surface area contributed by atoms with Crippen molar-refractivity contribution in [1.29, 1.82) is 0 Å². The van der Waals surface area contributed by atoms with Gasteiger partial charge in [-0.1, -0.05) is 29.4 Å². The molecular weight excluding hydrogens is 371 g/mol. The minimum absolute atomic E-state index is 0.177. The van der Waals surface area contributed by atoms with Crippen molar-refractivity contribution in [2.75, 3.05) is 44.2 Å². The Labute approximate surface area is 168 Å². The van der Waals surface area contributed by atoms with Crippen LogP contribution >= 0.6 is 0 Å². The summed E-state index contributed by atoms with van der Waals surface area (Å²) in [5.74, 6) is 0.562. The van der Waals surface area contributed by atoms with Crippen molar-refractivity contribution in [2.45, 2.75) is 13.0 Å². The second kappa shape index (κ2) is 7.48. The number of carbonyl (C=O) groups excluding carboxylic acids is 1. The van der Waals surface area contributed by atoms with E-state index in [0.29, 0.717) is 38.3 Å². The van der Waals surface area contributed by atoms with E-state index in [1.54, 1.807) is 6.07 Å². The summed E-state index contributed by atoms with van der Waals surface area (Å²) in [6, 6.07) is 12.9. The van der Waals surface area contributed by atoms with Crippen LogP contribution in [0, 0.1) is 5.82 Å². The normalized spacial score (nSPS) is 17.6. The Morgan fingerprint density at radius 3 is 2.66 bits per heavy atom. The molecule has 0 atom stereocenters. The van der Waals surface area contributed by atoms with Gasteiger partial charge in [0.1, 0.15) is 5.82 Å².